The van der Waals surface area contributed by atoms with Gasteiger partial charge in [0, 0.05) is 38.4 Å². The lowest BCUT2D eigenvalue weighted by Gasteiger charge is -2.35. The Kier molecular flexibility index (Phi) is 3.19. The number of rotatable bonds is 3. The van der Waals surface area contributed by atoms with Crippen molar-refractivity contribution >= 4 is 5.84 Å². The van der Waals surface area contributed by atoms with Gasteiger partial charge in [0.2, 0.25) is 0 Å². The molecular formula is C16H20FN3O. The van der Waals surface area contributed by atoms with Gasteiger partial charge in [-0.1, -0.05) is 12.1 Å². The predicted octanol–water partition coefficient (Wildman–Crippen LogP) is 2.46. The van der Waals surface area contributed by atoms with Crippen LogP contribution in [0.3, 0.4) is 0 Å². The molecule has 2 fully saturated rings. The summed E-state index contributed by atoms with van der Waals surface area (Å²) in [4.78, 5) is 12.9. The predicted molar refractivity (Wildman–Crippen MR) is 78.0 cm³/mol. The van der Waals surface area contributed by atoms with E-state index in [9.17, 15) is 4.39 Å². The Bertz CT molecular complexity index is 562. The first-order valence-electron chi connectivity index (χ1n) is 7.73. The van der Waals surface area contributed by atoms with E-state index in [2.05, 4.69) is 10.4 Å². The summed E-state index contributed by atoms with van der Waals surface area (Å²) in [5, 5.41) is 0. The monoisotopic (exact) mass is 289 g/mol. The number of likely N-dealkylation sites (tertiary alicyclic amines) is 1. The fourth-order valence-electron chi connectivity index (χ4n) is 3.11. The zero-order chi connectivity index (χ0) is 14.3. The number of halogens is 1. The molecule has 1 aliphatic carbocycles. The molecule has 1 saturated carbocycles. The van der Waals surface area contributed by atoms with E-state index in [1.54, 1.807) is 12.1 Å². The van der Waals surface area contributed by atoms with Gasteiger partial charge >= 0.3 is 0 Å². The first kappa shape index (κ1) is 13.2. The molecule has 21 heavy (non-hydrogen) atoms. The molecule has 112 valence electrons. The van der Waals surface area contributed by atoms with Crippen LogP contribution in [0.2, 0.25) is 0 Å². The lowest BCUT2D eigenvalue weighted by molar-refractivity contribution is -0.0904. The number of amidine groups is 1. The Morgan fingerprint density at radius 2 is 2.14 bits per heavy atom. The molecule has 0 atom stereocenters. The van der Waals surface area contributed by atoms with Crippen molar-refractivity contribution < 1.29 is 9.23 Å². The summed E-state index contributed by atoms with van der Waals surface area (Å²) in [7, 11) is 0. The fourth-order valence-corrected chi connectivity index (χ4v) is 3.11. The maximum Gasteiger partial charge on any atom is 0.189 e. The Hall–Kier alpha value is -1.46. The molecule has 0 aromatic heterocycles. The summed E-state index contributed by atoms with van der Waals surface area (Å²) in [6, 6.07) is 6.85. The van der Waals surface area contributed by atoms with E-state index in [0.717, 1.165) is 43.9 Å². The van der Waals surface area contributed by atoms with Gasteiger partial charge in [0.1, 0.15) is 11.7 Å². The molecule has 1 aromatic rings. The van der Waals surface area contributed by atoms with Gasteiger partial charge in [0.05, 0.1) is 0 Å². The first-order valence-corrected chi connectivity index (χ1v) is 7.73. The summed E-state index contributed by atoms with van der Waals surface area (Å²) in [6.07, 6.45) is 4.25. The van der Waals surface area contributed by atoms with Crippen molar-refractivity contribution in [3.8, 4) is 0 Å². The summed E-state index contributed by atoms with van der Waals surface area (Å²) in [6.45, 7) is 2.65. The third-order valence-electron chi connectivity index (χ3n) is 4.57. The second-order valence-corrected chi connectivity index (χ2v) is 6.33. The van der Waals surface area contributed by atoms with Gasteiger partial charge < -0.3 is 0 Å². The van der Waals surface area contributed by atoms with E-state index >= 15 is 0 Å². The number of hydrogen-bond acceptors (Lipinski definition) is 4. The molecule has 4 rings (SSSR count). The van der Waals surface area contributed by atoms with E-state index in [1.165, 1.54) is 18.9 Å². The van der Waals surface area contributed by atoms with Gasteiger partial charge in [-0.05, 0) is 30.5 Å². The average molecular weight is 289 g/mol. The highest BCUT2D eigenvalue weighted by Gasteiger charge is 2.43. The zero-order valence-electron chi connectivity index (χ0n) is 12.0. The molecular weight excluding hydrogens is 269 g/mol. The number of nitrogens with one attached hydrogen (secondary N) is 1. The normalized spacial score (nSPS) is 24.9. The largest absolute Gasteiger partial charge is 0.299 e. The standard InChI is InChI=1S/C16H20FN3O/c17-14-3-1-2-12(10-14)11-20-8-6-16(7-9-20)18-15(19-21-16)13-4-5-13/h1-3,10,13H,4-9,11H2,(H,18,19). The van der Waals surface area contributed by atoms with Crippen LogP contribution in [0, 0.1) is 11.7 Å². The van der Waals surface area contributed by atoms with E-state index in [4.69, 9.17) is 9.83 Å². The molecule has 4 nitrogen and oxygen atoms in total. The maximum atomic E-state index is 13.2. The fraction of sp³-hybridized carbons (Fsp3) is 0.562. The lowest BCUT2D eigenvalue weighted by Crippen LogP contribution is -2.44. The Morgan fingerprint density at radius 3 is 2.86 bits per heavy atom. The number of hydrogen-bond donors (Lipinski definition) is 1. The Labute approximate surface area is 124 Å². The third-order valence-corrected chi connectivity index (χ3v) is 4.57. The van der Waals surface area contributed by atoms with Crippen LogP contribution in [-0.4, -0.2) is 29.6 Å². The first-order chi connectivity index (χ1) is 10.2. The molecule has 1 aromatic carbocycles. The molecule has 2 aliphatic heterocycles. The van der Waals surface area contributed by atoms with Gasteiger partial charge in [0.15, 0.2) is 5.72 Å². The highest BCUT2D eigenvalue weighted by Crippen LogP contribution is 2.37. The van der Waals surface area contributed by atoms with Crippen molar-refractivity contribution in [1.29, 1.82) is 0 Å². The van der Waals surface area contributed by atoms with E-state index in [0.29, 0.717) is 5.92 Å². The molecule has 1 N–H and O–H groups in total. The quantitative estimate of drug-likeness (QED) is 0.928. The zero-order valence-corrected chi connectivity index (χ0v) is 12.0. The summed E-state index contributed by atoms with van der Waals surface area (Å²) in [5.41, 5.74) is 3.71. The van der Waals surface area contributed by atoms with Crippen LogP contribution in [0.4, 0.5) is 4.39 Å². The molecule has 5 heteroatoms. The minimum Gasteiger partial charge on any atom is -0.299 e. The number of piperidine rings is 1. The van der Waals surface area contributed by atoms with Crippen molar-refractivity contribution in [3.05, 3.63) is 35.6 Å². The molecule has 2 heterocycles. The summed E-state index contributed by atoms with van der Waals surface area (Å²) in [5.74, 6) is 1.49. The second kappa shape index (κ2) is 5.07. The van der Waals surface area contributed by atoms with Gasteiger partial charge in [-0.25, -0.2) is 14.2 Å². The Morgan fingerprint density at radius 1 is 1.33 bits per heavy atom. The van der Waals surface area contributed by atoms with Crippen molar-refractivity contribution in [3.63, 3.8) is 0 Å². The molecule has 0 unspecified atom stereocenters. The maximum absolute atomic E-state index is 13.2. The minimum atomic E-state index is -0.351. The highest BCUT2D eigenvalue weighted by molar-refractivity contribution is 5.87. The van der Waals surface area contributed by atoms with Crippen LogP contribution in [0.5, 0.6) is 0 Å². The number of hydroxylamine groups is 1. The molecule has 0 amide bonds. The van der Waals surface area contributed by atoms with Gasteiger partial charge in [-0.2, -0.15) is 0 Å². The molecule has 3 aliphatic rings. The minimum absolute atomic E-state index is 0.164. The van der Waals surface area contributed by atoms with Crippen LogP contribution in [0.1, 0.15) is 31.2 Å². The van der Waals surface area contributed by atoms with E-state index in [-0.39, 0.29) is 11.5 Å². The smallest absolute Gasteiger partial charge is 0.189 e. The number of aliphatic imine (C=N–C) groups is 1. The Balaban J connectivity index is 1.36. The van der Waals surface area contributed by atoms with Crippen molar-refractivity contribution in [1.82, 2.24) is 10.4 Å². The molecule has 1 saturated heterocycles. The topological polar surface area (TPSA) is 36.9 Å². The second-order valence-electron chi connectivity index (χ2n) is 6.33. The number of benzene rings is 1. The van der Waals surface area contributed by atoms with Crippen molar-refractivity contribution in [2.45, 2.75) is 38.0 Å². The van der Waals surface area contributed by atoms with Gasteiger partial charge in [-0.3, -0.25) is 10.4 Å². The summed E-state index contributed by atoms with van der Waals surface area (Å²) >= 11 is 0. The van der Waals surface area contributed by atoms with Crippen LogP contribution < -0.4 is 5.48 Å². The molecule has 1 spiro atoms. The van der Waals surface area contributed by atoms with Gasteiger partial charge in [-0.15, -0.1) is 0 Å². The lowest BCUT2D eigenvalue weighted by atomic mass is 10.0. The third kappa shape index (κ3) is 2.80. The SMILES string of the molecule is Fc1cccc(CN2CCC3(CC2)N=C(C2CC2)NO3)c1. The van der Waals surface area contributed by atoms with Gasteiger partial charge in [0.25, 0.3) is 0 Å². The van der Waals surface area contributed by atoms with E-state index in [1.807, 2.05) is 6.07 Å². The van der Waals surface area contributed by atoms with Crippen molar-refractivity contribution in [2.24, 2.45) is 10.9 Å². The highest BCUT2D eigenvalue weighted by atomic mass is 19.1. The molecule has 0 bridgehead atoms. The molecule has 0 radical (unpaired) electrons. The van der Waals surface area contributed by atoms with E-state index < -0.39 is 0 Å². The van der Waals surface area contributed by atoms with Crippen LogP contribution in [-0.2, 0) is 11.4 Å². The number of nitrogens with zero attached hydrogens (tertiary/aromatic N) is 2. The average Bonchev–Trinajstić information content (AvgIpc) is 3.25. The van der Waals surface area contributed by atoms with Crippen molar-refractivity contribution in [2.75, 3.05) is 13.1 Å². The van der Waals surface area contributed by atoms with Crippen LogP contribution in [0.15, 0.2) is 29.3 Å². The van der Waals surface area contributed by atoms with Crippen LogP contribution in [0.25, 0.3) is 0 Å². The van der Waals surface area contributed by atoms with Crippen LogP contribution >= 0.6 is 0 Å². The summed E-state index contributed by atoms with van der Waals surface area (Å²) < 4.78 is 13.2.